The third-order valence-corrected chi connectivity index (χ3v) is 7.63. The molecule has 0 atom stereocenters. The fourth-order valence-corrected chi connectivity index (χ4v) is 5.17. The van der Waals surface area contributed by atoms with E-state index in [-0.39, 0.29) is 35.6 Å². The van der Waals surface area contributed by atoms with Crippen LogP contribution in [-0.2, 0) is 26.0 Å². The number of carbonyl (C=O) groups is 2. The number of sulfonamides is 1. The molecule has 2 amide bonds. The maximum atomic E-state index is 12.7. The number of nitrogens with one attached hydrogen (secondary N) is 2. The number of rotatable bonds is 8. The summed E-state index contributed by atoms with van der Waals surface area (Å²) in [6.45, 7) is 0.596. The van der Waals surface area contributed by atoms with Crippen molar-refractivity contribution in [2.24, 2.45) is 5.92 Å². The van der Waals surface area contributed by atoms with Gasteiger partial charge in [-0.05, 0) is 67.5 Å². The molecule has 2 aliphatic rings. The summed E-state index contributed by atoms with van der Waals surface area (Å²) in [4.78, 5) is 27.5. The van der Waals surface area contributed by atoms with Crippen LogP contribution >= 0.6 is 11.8 Å². The second-order valence-corrected chi connectivity index (χ2v) is 10.4. The minimum atomic E-state index is -3.74. The van der Waals surface area contributed by atoms with E-state index < -0.39 is 10.0 Å². The highest BCUT2D eigenvalue weighted by Crippen LogP contribution is 2.37. The number of carbonyl (C=O) groups excluding carboxylic acids is 2. The zero-order valence-corrected chi connectivity index (χ0v) is 18.9. The first-order valence-corrected chi connectivity index (χ1v) is 13.0. The van der Waals surface area contributed by atoms with Crippen LogP contribution in [0.4, 0.5) is 11.4 Å². The molecule has 164 valence electrons. The molecule has 0 bridgehead atoms. The van der Waals surface area contributed by atoms with Crippen molar-refractivity contribution in [2.75, 3.05) is 29.6 Å². The van der Waals surface area contributed by atoms with E-state index in [4.69, 9.17) is 0 Å². The number of amides is 2. The summed E-state index contributed by atoms with van der Waals surface area (Å²) in [6.07, 6.45) is 4.51. The molecule has 2 aromatic carbocycles. The summed E-state index contributed by atoms with van der Waals surface area (Å²) in [5.41, 5.74) is 2.36. The number of thioether (sulfide) groups is 1. The zero-order valence-electron chi connectivity index (χ0n) is 17.3. The molecular weight excluding hydrogens is 434 g/mol. The topological polar surface area (TPSA) is 95.6 Å². The Morgan fingerprint density at radius 1 is 1.16 bits per heavy atom. The molecule has 0 aromatic heterocycles. The maximum Gasteiger partial charge on any atom is 0.240 e. The van der Waals surface area contributed by atoms with Gasteiger partial charge in [-0.2, -0.15) is 0 Å². The van der Waals surface area contributed by atoms with Crippen molar-refractivity contribution < 1.29 is 18.0 Å². The second-order valence-electron chi connectivity index (χ2n) is 7.73. The minimum absolute atomic E-state index is 0.000237. The Labute approximate surface area is 186 Å². The van der Waals surface area contributed by atoms with E-state index >= 15 is 0 Å². The van der Waals surface area contributed by atoms with Crippen LogP contribution in [0.15, 0.2) is 52.3 Å². The van der Waals surface area contributed by atoms with E-state index in [0.29, 0.717) is 18.7 Å². The molecule has 0 unspecified atom stereocenters. The van der Waals surface area contributed by atoms with Gasteiger partial charge in [-0.25, -0.2) is 13.1 Å². The van der Waals surface area contributed by atoms with Crippen LogP contribution in [0.3, 0.4) is 0 Å². The first kappa shape index (κ1) is 21.9. The van der Waals surface area contributed by atoms with Crippen LogP contribution in [0.25, 0.3) is 0 Å². The minimum Gasteiger partial charge on any atom is -0.326 e. The van der Waals surface area contributed by atoms with Gasteiger partial charge in [-0.3, -0.25) is 9.59 Å². The molecule has 1 saturated carbocycles. The van der Waals surface area contributed by atoms with Crippen LogP contribution in [0, 0.1) is 5.92 Å². The number of anilines is 2. The van der Waals surface area contributed by atoms with Crippen LogP contribution in [0.1, 0.15) is 24.8 Å². The maximum absolute atomic E-state index is 12.7. The fourth-order valence-electron chi connectivity index (χ4n) is 3.63. The lowest BCUT2D eigenvalue weighted by Crippen LogP contribution is -2.30. The molecule has 1 heterocycles. The number of nitrogens with zero attached hydrogens (tertiary/aromatic N) is 1. The van der Waals surface area contributed by atoms with Crippen molar-refractivity contribution in [3.63, 3.8) is 0 Å². The Morgan fingerprint density at radius 3 is 2.71 bits per heavy atom. The normalized spacial score (nSPS) is 15.6. The van der Waals surface area contributed by atoms with Gasteiger partial charge in [-0.15, -0.1) is 11.8 Å². The molecule has 7 nitrogen and oxygen atoms in total. The quantitative estimate of drug-likeness (QED) is 0.592. The van der Waals surface area contributed by atoms with Crippen LogP contribution < -0.4 is 14.9 Å². The van der Waals surface area contributed by atoms with E-state index in [1.54, 1.807) is 34.9 Å². The smallest absolute Gasteiger partial charge is 0.240 e. The predicted molar refractivity (Wildman–Crippen MR) is 122 cm³/mol. The van der Waals surface area contributed by atoms with Crippen LogP contribution in [-0.4, -0.2) is 39.6 Å². The fraction of sp³-hybridized carbons (Fsp3) is 0.364. The molecule has 2 N–H and O–H groups in total. The SMILES string of the molecule is CSc1cccc(NC(=O)CCNS(=O)(=O)c2ccc3c(c2)CCN3C(=O)C2CC2)c1. The van der Waals surface area contributed by atoms with Crippen molar-refractivity contribution in [3.05, 3.63) is 48.0 Å². The van der Waals surface area contributed by atoms with Crippen molar-refractivity contribution in [1.29, 1.82) is 0 Å². The third-order valence-electron chi connectivity index (χ3n) is 5.45. The Balaban J connectivity index is 1.33. The number of hydrogen-bond acceptors (Lipinski definition) is 5. The van der Waals surface area contributed by atoms with Gasteiger partial charge >= 0.3 is 0 Å². The van der Waals surface area contributed by atoms with Gasteiger partial charge in [0.1, 0.15) is 0 Å². The number of fused-ring (bicyclic) bond motifs is 1. The third kappa shape index (κ3) is 5.11. The Kier molecular flexibility index (Phi) is 6.36. The van der Waals surface area contributed by atoms with Gasteiger partial charge in [0.05, 0.1) is 4.90 Å². The molecule has 1 aliphatic heterocycles. The molecule has 0 saturated heterocycles. The predicted octanol–water partition coefficient (Wildman–Crippen LogP) is 3.01. The Morgan fingerprint density at radius 2 is 1.97 bits per heavy atom. The Hall–Kier alpha value is -2.36. The largest absolute Gasteiger partial charge is 0.326 e. The number of hydrogen-bond donors (Lipinski definition) is 2. The van der Waals surface area contributed by atoms with Gasteiger partial charge in [0, 0.05) is 41.7 Å². The molecule has 31 heavy (non-hydrogen) atoms. The standard InChI is InChI=1S/C22H25N3O4S2/c1-30-18-4-2-3-17(14-18)24-21(26)9-11-23-31(28,29)19-7-8-20-16(13-19)10-12-25(20)22(27)15-5-6-15/h2-4,7-8,13-15,23H,5-6,9-12H2,1H3,(H,24,26). The Bertz CT molecular complexity index is 1110. The zero-order chi connectivity index (χ0) is 22.0. The van der Waals surface area contributed by atoms with E-state index in [2.05, 4.69) is 10.0 Å². The van der Waals surface area contributed by atoms with Crippen LogP contribution in [0.5, 0.6) is 0 Å². The summed E-state index contributed by atoms with van der Waals surface area (Å²) in [5, 5.41) is 2.78. The van der Waals surface area contributed by atoms with Gasteiger partial charge in [-0.1, -0.05) is 6.07 Å². The summed E-state index contributed by atoms with van der Waals surface area (Å²) in [7, 11) is -3.74. The van der Waals surface area contributed by atoms with E-state index in [9.17, 15) is 18.0 Å². The molecule has 0 spiro atoms. The lowest BCUT2D eigenvalue weighted by Gasteiger charge is -2.17. The second kappa shape index (κ2) is 9.02. The van der Waals surface area contributed by atoms with Crippen molar-refractivity contribution in [1.82, 2.24) is 4.72 Å². The molecule has 2 aromatic rings. The lowest BCUT2D eigenvalue weighted by atomic mass is 10.2. The first-order valence-electron chi connectivity index (χ1n) is 10.3. The van der Waals surface area contributed by atoms with Crippen molar-refractivity contribution in [3.8, 4) is 0 Å². The van der Waals surface area contributed by atoms with E-state index in [0.717, 1.165) is 29.0 Å². The molecule has 1 aliphatic carbocycles. The first-order chi connectivity index (χ1) is 14.9. The molecule has 9 heteroatoms. The van der Waals surface area contributed by atoms with Gasteiger partial charge in [0.2, 0.25) is 21.8 Å². The van der Waals surface area contributed by atoms with Gasteiger partial charge in [0.25, 0.3) is 0 Å². The van der Waals surface area contributed by atoms with Gasteiger partial charge < -0.3 is 10.2 Å². The monoisotopic (exact) mass is 459 g/mol. The average Bonchev–Trinajstić information content (AvgIpc) is 3.52. The average molecular weight is 460 g/mol. The highest BCUT2D eigenvalue weighted by Gasteiger charge is 2.36. The molecule has 0 radical (unpaired) electrons. The van der Waals surface area contributed by atoms with Crippen molar-refractivity contribution >= 4 is 45.0 Å². The van der Waals surface area contributed by atoms with Crippen LogP contribution in [0.2, 0.25) is 0 Å². The summed E-state index contributed by atoms with van der Waals surface area (Å²) < 4.78 is 27.8. The molecule has 4 rings (SSSR count). The summed E-state index contributed by atoms with van der Waals surface area (Å²) in [6, 6.07) is 12.3. The summed E-state index contributed by atoms with van der Waals surface area (Å²) in [5.74, 6) is 0.0103. The van der Waals surface area contributed by atoms with Crippen molar-refractivity contribution in [2.45, 2.75) is 35.5 Å². The highest BCUT2D eigenvalue weighted by atomic mass is 32.2. The van der Waals surface area contributed by atoms with E-state index in [1.807, 2.05) is 24.5 Å². The summed E-state index contributed by atoms with van der Waals surface area (Å²) >= 11 is 1.58. The molecular formula is C22H25N3O4S2. The lowest BCUT2D eigenvalue weighted by molar-refractivity contribution is -0.119. The number of benzene rings is 2. The van der Waals surface area contributed by atoms with E-state index in [1.165, 1.54) is 6.07 Å². The van der Waals surface area contributed by atoms with Gasteiger partial charge in [0.15, 0.2) is 0 Å². The highest BCUT2D eigenvalue weighted by molar-refractivity contribution is 7.98. The molecule has 1 fully saturated rings.